The summed E-state index contributed by atoms with van der Waals surface area (Å²) < 4.78 is 7.85. The van der Waals surface area contributed by atoms with Crippen molar-refractivity contribution in [2.24, 2.45) is 0 Å². The number of alkyl halides is 3. The minimum Gasteiger partial charge on any atom is -0.461 e. The lowest BCUT2D eigenvalue weighted by Crippen LogP contribution is -2.18. The third-order valence-electron chi connectivity index (χ3n) is 1.67. The zero-order valence-electron chi connectivity index (χ0n) is 10.2. The monoisotopic (exact) mass is 316 g/mol. The molecule has 0 aromatic carbocycles. The van der Waals surface area contributed by atoms with Crippen molar-refractivity contribution in [2.75, 3.05) is 13.2 Å². The van der Waals surface area contributed by atoms with Gasteiger partial charge in [0.2, 0.25) is 3.79 Å². The van der Waals surface area contributed by atoms with Crippen LogP contribution in [0.25, 0.3) is 0 Å². The molecule has 0 spiro atoms. The highest BCUT2D eigenvalue weighted by molar-refractivity contribution is 6.67. The highest BCUT2D eigenvalue weighted by Crippen LogP contribution is 2.26. The van der Waals surface area contributed by atoms with Crippen LogP contribution in [0.2, 0.25) is 0 Å². The van der Waals surface area contributed by atoms with Crippen molar-refractivity contribution in [3.63, 3.8) is 0 Å². The fourth-order valence-electron chi connectivity index (χ4n) is 0.812. The Balaban J connectivity index is 3.72. The van der Waals surface area contributed by atoms with E-state index < -0.39 is 15.7 Å². The van der Waals surface area contributed by atoms with Crippen molar-refractivity contribution >= 4 is 46.7 Å². The fraction of sp³-hybridized carbons (Fsp3) is 0.636. The van der Waals surface area contributed by atoms with Crippen molar-refractivity contribution in [1.82, 2.24) is 0 Å². The van der Waals surface area contributed by atoms with Gasteiger partial charge >= 0.3 is 11.9 Å². The van der Waals surface area contributed by atoms with Crippen molar-refractivity contribution in [1.29, 1.82) is 0 Å². The van der Waals surface area contributed by atoms with Crippen LogP contribution in [0.4, 0.5) is 0 Å². The van der Waals surface area contributed by atoms with Crippen LogP contribution >= 0.6 is 34.8 Å². The average Bonchev–Trinajstić information content (AvgIpc) is 2.22. The van der Waals surface area contributed by atoms with E-state index in [9.17, 15) is 9.59 Å². The smallest absolute Gasteiger partial charge is 0.306 e. The summed E-state index contributed by atoms with van der Waals surface area (Å²) in [6, 6.07) is 0. The second-order valence-electron chi connectivity index (χ2n) is 3.74. The molecule has 0 bridgehead atoms. The number of rotatable bonds is 6. The highest BCUT2D eigenvalue weighted by atomic mass is 35.6. The van der Waals surface area contributed by atoms with Gasteiger partial charge in [0.05, 0.1) is 12.8 Å². The molecule has 4 nitrogen and oxygen atoms in total. The molecule has 104 valence electrons. The Hall–Kier alpha value is -0.450. The largest absolute Gasteiger partial charge is 0.461 e. The third kappa shape index (κ3) is 12.0. The molecule has 0 aromatic rings. The zero-order chi connectivity index (χ0) is 14.2. The van der Waals surface area contributed by atoms with Gasteiger partial charge in [0.15, 0.2) is 0 Å². The van der Waals surface area contributed by atoms with Crippen molar-refractivity contribution in [3.05, 3.63) is 11.6 Å². The lowest BCUT2D eigenvalue weighted by Gasteiger charge is -2.10. The number of allylic oxidation sites excluding steroid dienone is 1. The molecular weight excluding hydrogens is 302 g/mol. The Bertz CT molecular complexity index is 317. The SMILES string of the molecule is CC(C)=CCOC(=O)CCC(=O)OCC(Cl)(Cl)Cl. The number of hydrogen-bond donors (Lipinski definition) is 0. The molecule has 0 aliphatic carbocycles. The lowest BCUT2D eigenvalue weighted by atomic mass is 10.3. The molecule has 0 radical (unpaired) electrons. The van der Waals surface area contributed by atoms with Gasteiger partial charge in [0.25, 0.3) is 0 Å². The molecule has 0 amide bonds. The molecule has 18 heavy (non-hydrogen) atoms. The number of carbonyl (C=O) groups is 2. The van der Waals surface area contributed by atoms with Crippen LogP contribution in [0, 0.1) is 0 Å². The summed E-state index contributed by atoms with van der Waals surface area (Å²) in [6.45, 7) is 3.64. The van der Waals surface area contributed by atoms with E-state index in [2.05, 4.69) is 4.74 Å². The van der Waals surface area contributed by atoms with Gasteiger partial charge in [-0.25, -0.2) is 0 Å². The van der Waals surface area contributed by atoms with Crippen molar-refractivity contribution < 1.29 is 19.1 Å². The summed E-state index contributed by atoms with van der Waals surface area (Å²) in [5, 5.41) is 0. The zero-order valence-corrected chi connectivity index (χ0v) is 12.4. The van der Waals surface area contributed by atoms with Gasteiger partial charge < -0.3 is 9.47 Å². The summed E-state index contributed by atoms with van der Waals surface area (Å²) in [5.41, 5.74) is 1.05. The minimum absolute atomic E-state index is 0.0602. The predicted molar refractivity (Wildman–Crippen MR) is 70.9 cm³/mol. The molecule has 0 N–H and O–H groups in total. The first-order chi connectivity index (χ1) is 8.20. The number of esters is 2. The quantitative estimate of drug-likeness (QED) is 0.429. The highest BCUT2D eigenvalue weighted by Gasteiger charge is 2.22. The predicted octanol–water partition coefficient (Wildman–Crippen LogP) is 3.19. The summed E-state index contributed by atoms with van der Waals surface area (Å²) >= 11 is 16.2. The van der Waals surface area contributed by atoms with Crippen LogP contribution in [-0.4, -0.2) is 28.9 Å². The number of ether oxygens (including phenoxy) is 2. The topological polar surface area (TPSA) is 52.6 Å². The first kappa shape index (κ1) is 17.6. The summed E-state index contributed by atoms with van der Waals surface area (Å²) in [4.78, 5) is 22.4. The van der Waals surface area contributed by atoms with Crippen LogP contribution in [0.15, 0.2) is 11.6 Å². The summed E-state index contributed by atoms with van der Waals surface area (Å²) in [7, 11) is 0. The maximum absolute atomic E-state index is 11.2. The van der Waals surface area contributed by atoms with Gasteiger partial charge in [-0.3, -0.25) is 9.59 Å². The van der Waals surface area contributed by atoms with Gasteiger partial charge in [0.1, 0.15) is 13.2 Å². The van der Waals surface area contributed by atoms with Crippen LogP contribution in [0.3, 0.4) is 0 Å². The van der Waals surface area contributed by atoms with E-state index >= 15 is 0 Å². The lowest BCUT2D eigenvalue weighted by molar-refractivity contribution is -0.149. The van der Waals surface area contributed by atoms with Crippen LogP contribution in [0.1, 0.15) is 26.7 Å². The number of hydrogen-bond acceptors (Lipinski definition) is 4. The normalized spacial score (nSPS) is 10.7. The first-order valence-corrected chi connectivity index (χ1v) is 6.35. The van der Waals surface area contributed by atoms with E-state index in [0.29, 0.717) is 0 Å². The Morgan fingerprint density at radius 3 is 2.00 bits per heavy atom. The third-order valence-corrected chi connectivity index (χ3v) is 1.99. The molecule has 0 fully saturated rings. The molecule has 0 saturated carbocycles. The fourth-order valence-corrected chi connectivity index (χ4v) is 0.976. The molecule has 0 rings (SSSR count). The molecule has 0 aliphatic heterocycles. The van der Waals surface area contributed by atoms with E-state index in [0.717, 1.165) is 5.57 Å². The summed E-state index contributed by atoms with van der Waals surface area (Å²) in [6.07, 6.45) is 1.60. The Morgan fingerprint density at radius 2 is 1.56 bits per heavy atom. The van der Waals surface area contributed by atoms with Crippen molar-refractivity contribution in [2.45, 2.75) is 30.5 Å². The maximum Gasteiger partial charge on any atom is 0.306 e. The van der Waals surface area contributed by atoms with Gasteiger partial charge in [0, 0.05) is 0 Å². The Morgan fingerprint density at radius 1 is 1.06 bits per heavy atom. The Labute approximate surface area is 121 Å². The average molecular weight is 318 g/mol. The first-order valence-electron chi connectivity index (χ1n) is 5.22. The van der Waals surface area contributed by atoms with Crippen LogP contribution in [-0.2, 0) is 19.1 Å². The minimum atomic E-state index is -1.64. The Kier molecular flexibility index (Phi) is 8.40. The van der Waals surface area contributed by atoms with E-state index in [-0.39, 0.29) is 26.1 Å². The second kappa shape index (κ2) is 8.62. The number of carbonyl (C=O) groups excluding carboxylic acids is 2. The molecule has 0 saturated heterocycles. The van der Waals surface area contributed by atoms with Crippen LogP contribution < -0.4 is 0 Å². The molecule has 0 aliphatic rings. The van der Waals surface area contributed by atoms with Crippen LogP contribution in [0.5, 0.6) is 0 Å². The molecule has 0 aromatic heterocycles. The van der Waals surface area contributed by atoms with E-state index in [1.807, 2.05) is 13.8 Å². The molecule has 0 unspecified atom stereocenters. The standard InChI is InChI=1S/C11H15Cl3O4/c1-8(2)5-6-17-9(15)3-4-10(16)18-7-11(12,13)14/h5H,3-4,6-7H2,1-2H3. The van der Waals surface area contributed by atoms with Crippen molar-refractivity contribution in [3.8, 4) is 0 Å². The van der Waals surface area contributed by atoms with Gasteiger partial charge in [-0.05, 0) is 19.9 Å². The van der Waals surface area contributed by atoms with E-state index in [1.54, 1.807) is 6.08 Å². The van der Waals surface area contributed by atoms with Gasteiger partial charge in [-0.15, -0.1) is 0 Å². The second-order valence-corrected chi connectivity index (χ2v) is 6.26. The van der Waals surface area contributed by atoms with Gasteiger partial charge in [-0.2, -0.15) is 0 Å². The molecule has 0 heterocycles. The van der Waals surface area contributed by atoms with E-state index in [4.69, 9.17) is 39.5 Å². The number of halogens is 3. The maximum atomic E-state index is 11.2. The summed E-state index contributed by atoms with van der Waals surface area (Å²) in [5.74, 6) is -1.08. The molecule has 0 atom stereocenters. The van der Waals surface area contributed by atoms with Gasteiger partial charge in [-0.1, -0.05) is 40.4 Å². The molecular formula is C11H15Cl3O4. The van der Waals surface area contributed by atoms with E-state index in [1.165, 1.54) is 0 Å². The molecule has 7 heteroatoms.